The Kier molecular flexibility index (Phi) is 6.15. The van der Waals surface area contributed by atoms with Crippen molar-refractivity contribution in [2.24, 2.45) is 0 Å². The molecule has 0 radical (unpaired) electrons. The van der Waals surface area contributed by atoms with E-state index >= 15 is 0 Å². The number of aryl methyl sites for hydroxylation is 2. The molecule has 180 valence electrons. The molecule has 35 heavy (non-hydrogen) atoms. The topological polar surface area (TPSA) is 66.8 Å². The normalized spacial score (nSPS) is 17.7. The van der Waals surface area contributed by atoms with Gasteiger partial charge in [-0.1, -0.05) is 35.9 Å². The number of benzene rings is 3. The maximum absolute atomic E-state index is 13.4. The minimum atomic E-state index is -4.65. The summed E-state index contributed by atoms with van der Waals surface area (Å²) >= 11 is 0. The lowest BCUT2D eigenvalue weighted by Gasteiger charge is -2.26. The second-order valence-corrected chi connectivity index (χ2v) is 8.31. The van der Waals surface area contributed by atoms with Gasteiger partial charge in [0.2, 0.25) is 0 Å². The molecule has 5 nitrogen and oxygen atoms in total. The van der Waals surface area contributed by atoms with Crippen LogP contribution in [0.3, 0.4) is 0 Å². The van der Waals surface area contributed by atoms with E-state index in [1.54, 1.807) is 43.3 Å². The molecule has 0 spiro atoms. The maximum atomic E-state index is 13.4. The van der Waals surface area contributed by atoms with Gasteiger partial charge in [0.15, 0.2) is 0 Å². The first-order valence-corrected chi connectivity index (χ1v) is 10.7. The van der Waals surface area contributed by atoms with Crippen LogP contribution in [0.4, 0.5) is 18.9 Å². The van der Waals surface area contributed by atoms with Gasteiger partial charge in [0, 0.05) is 11.3 Å². The predicted molar refractivity (Wildman–Crippen MR) is 125 cm³/mol. The fourth-order valence-electron chi connectivity index (χ4n) is 4.19. The van der Waals surface area contributed by atoms with Gasteiger partial charge in [0.1, 0.15) is 11.5 Å². The minimum absolute atomic E-state index is 0.116. The largest absolute Gasteiger partial charge is 0.507 e. The second-order valence-electron chi connectivity index (χ2n) is 8.31. The van der Waals surface area contributed by atoms with Crippen molar-refractivity contribution in [3.63, 3.8) is 0 Å². The molecule has 3 aromatic rings. The van der Waals surface area contributed by atoms with E-state index in [9.17, 15) is 27.9 Å². The summed E-state index contributed by atoms with van der Waals surface area (Å²) in [5, 5.41) is 11.3. The van der Waals surface area contributed by atoms with Gasteiger partial charge in [0.05, 0.1) is 24.3 Å². The second kappa shape index (κ2) is 8.94. The number of aliphatic hydroxyl groups excluding tert-OH is 1. The summed E-state index contributed by atoms with van der Waals surface area (Å²) in [5.74, 6) is -2.01. The number of alkyl halides is 3. The standard InChI is InChI=1S/C27H22F3NO4/c1-15-10-11-16(2)21(12-15)24(32)22-23(17-6-4-9-20(13-17)35-3)31(26(34)25(22)33)19-8-5-7-18(14-19)27(28,29)30/h4-14,23,32H,1-3H3/b24-22+. The Hall–Kier alpha value is -4.07. The van der Waals surface area contributed by atoms with Crippen molar-refractivity contribution < 1.29 is 32.6 Å². The number of Topliss-reactive ketones (excluding diaryl/α,β-unsaturated/α-hetero) is 1. The molecule has 1 atom stereocenters. The molecular weight excluding hydrogens is 459 g/mol. The first-order chi connectivity index (χ1) is 16.5. The zero-order valence-electron chi connectivity index (χ0n) is 19.2. The number of anilines is 1. The van der Waals surface area contributed by atoms with Crippen LogP contribution >= 0.6 is 0 Å². The van der Waals surface area contributed by atoms with Crippen LogP contribution in [0.1, 0.15) is 33.9 Å². The lowest BCUT2D eigenvalue weighted by molar-refractivity contribution is -0.137. The summed E-state index contributed by atoms with van der Waals surface area (Å²) < 4.78 is 45.5. The van der Waals surface area contributed by atoms with E-state index in [4.69, 9.17) is 4.74 Å². The number of ketones is 1. The molecule has 0 saturated carbocycles. The van der Waals surface area contributed by atoms with Crippen LogP contribution in [-0.2, 0) is 15.8 Å². The van der Waals surface area contributed by atoms with Crippen molar-refractivity contribution in [2.75, 3.05) is 12.0 Å². The maximum Gasteiger partial charge on any atom is 0.416 e. The summed E-state index contributed by atoms with van der Waals surface area (Å²) in [6, 6.07) is 14.8. The molecule has 3 aromatic carbocycles. The van der Waals surface area contributed by atoms with Crippen LogP contribution < -0.4 is 9.64 Å². The van der Waals surface area contributed by atoms with E-state index in [2.05, 4.69) is 0 Å². The van der Waals surface area contributed by atoms with Crippen molar-refractivity contribution in [2.45, 2.75) is 26.1 Å². The van der Waals surface area contributed by atoms with E-state index in [1.165, 1.54) is 19.2 Å². The number of carbonyl (C=O) groups is 2. The molecule has 0 aliphatic carbocycles. The number of nitrogens with zero attached hydrogens (tertiary/aromatic N) is 1. The molecule has 1 saturated heterocycles. The average molecular weight is 481 g/mol. The molecular formula is C27H22F3NO4. The number of methoxy groups -OCH3 is 1. The van der Waals surface area contributed by atoms with E-state index in [-0.39, 0.29) is 11.3 Å². The smallest absolute Gasteiger partial charge is 0.416 e. The highest BCUT2D eigenvalue weighted by Crippen LogP contribution is 2.44. The Labute approximate surface area is 200 Å². The highest BCUT2D eigenvalue weighted by atomic mass is 19.4. The van der Waals surface area contributed by atoms with Crippen molar-refractivity contribution in [1.29, 1.82) is 0 Å². The van der Waals surface area contributed by atoms with E-state index in [1.807, 2.05) is 13.0 Å². The minimum Gasteiger partial charge on any atom is -0.507 e. The third-order valence-electron chi connectivity index (χ3n) is 5.95. The van der Waals surface area contributed by atoms with Gasteiger partial charge in [-0.2, -0.15) is 13.2 Å². The number of hydrogen-bond donors (Lipinski definition) is 1. The molecule has 1 aliphatic heterocycles. The SMILES string of the molecule is COc1cccc(C2/C(=C(\O)c3cc(C)ccc3C)C(=O)C(=O)N2c2cccc(C(F)(F)F)c2)c1. The van der Waals surface area contributed by atoms with Gasteiger partial charge in [0.25, 0.3) is 11.7 Å². The highest BCUT2D eigenvalue weighted by molar-refractivity contribution is 6.51. The van der Waals surface area contributed by atoms with Crippen LogP contribution in [0.2, 0.25) is 0 Å². The van der Waals surface area contributed by atoms with Crippen molar-refractivity contribution in [3.8, 4) is 5.75 Å². The number of aliphatic hydroxyl groups is 1. The first kappa shape index (κ1) is 24.1. The number of ether oxygens (including phenoxy) is 1. The molecule has 0 aromatic heterocycles. The van der Waals surface area contributed by atoms with Crippen LogP contribution in [0.15, 0.2) is 72.3 Å². The molecule has 1 aliphatic rings. The van der Waals surface area contributed by atoms with Crippen molar-refractivity contribution in [1.82, 2.24) is 0 Å². The lowest BCUT2D eigenvalue weighted by Crippen LogP contribution is -2.29. The number of hydrogen-bond acceptors (Lipinski definition) is 4. The number of carbonyl (C=O) groups excluding carboxylic acids is 2. The first-order valence-electron chi connectivity index (χ1n) is 10.7. The Balaban J connectivity index is 1.99. The number of halogens is 3. The van der Waals surface area contributed by atoms with Gasteiger partial charge in [-0.3, -0.25) is 14.5 Å². The van der Waals surface area contributed by atoms with Crippen LogP contribution in [0, 0.1) is 13.8 Å². The molecule has 8 heteroatoms. The summed E-state index contributed by atoms with van der Waals surface area (Å²) in [6.07, 6.45) is -4.65. The van der Waals surface area contributed by atoms with E-state index in [0.717, 1.165) is 22.6 Å². The quantitative estimate of drug-likeness (QED) is 0.284. The van der Waals surface area contributed by atoms with Crippen LogP contribution in [-0.4, -0.2) is 23.9 Å². The summed E-state index contributed by atoms with van der Waals surface area (Å²) in [7, 11) is 1.44. The van der Waals surface area contributed by atoms with Gasteiger partial charge in [-0.25, -0.2) is 0 Å². The zero-order valence-corrected chi connectivity index (χ0v) is 19.2. The fourth-order valence-corrected chi connectivity index (χ4v) is 4.19. The molecule has 1 fully saturated rings. The lowest BCUT2D eigenvalue weighted by atomic mass is 9.93. The Morgan fingerprint density at radius 3 is 2.37 bits per heavy atom. The molecule has 1 N–H and O–H groups in total. The molecule has 1 heterocycles. The molecule has 1 unspecified atom stereocenters. The number of rotatable bonds is 4. The zero-order chi connectivity index (χ0) is 25.5. The Morgan fingerprint density at radius 1 is 0.971 bits per heavy atom. The van der Waals surface area contributed by atoms with E-state index in [0.29, 0.717) is 22.4 Å². The molecule has 0 bridgehead atoms. The summed E-state index contributed by atoms with van der Waals surface area (Å²) in [5.41, 5.74) is 0.956. The van der Waals surface area contributed by atoms with Crippen molar-refractivity contribution >= 4 is 23.1 Å². The summed E-state index contributed by atoms with van der Waals surface area (Å²) in [6.45, 7) is 3.56. The van der Waals surface area contributed by atoms with Crippen molar-refractivity contribution in [3.05, 3.63) is 100 Å². The monoisotopic (exact) mass is 481 g/mol. The Bertz CT molecular complexity index is 1360. The van der Waals surface area contributed by atoms with Gasteiger partial charge >= 0.3 is 6.18 Å². The highest BCUT2D eigenvalue weighted by Gasteiger charge is 2.47. The summed E-state index contributed by atoms with van der Waals surface area (Å²) in [4.78, 5) is 27.5. The molecule has 4 rings (SSSR count). The van der Waals surface area contributed by atoms with Crippen LogP contribution in [0.25, 0.3) is 5.76 Å². The third kappa shape index (κ3) is 4.39. The molecule has 1 amide bonds. The third-order valence-corrected chi connectivity index (χ3v) is 5.95. The average Bonchev–Trinajstić information content (AvgIpc) is 3.10. The fraction of sp³-hybridized carbons (Fsp3) is 0.185. The van der Waals surface area contributed by atoms with E-state index < -0.39 is 35.2 Å². The Morgan fingerprint density at radius 2 is 1.69 bits per heavy atom. The number of amides is 1. The van der Waals surface area contributed by atoms with Gasteiger partial charge in [-0.15, -0.1) is 0 Å². The van der Waals surface area contributed by atoms with Gasteiger partial charge in [-0.05, 0) is 61.4 Å². The van der Waals surface area contributed by atoms with Gasteiger partial charge < -0.3 is 9.84 Å². The predicted octanol–water partition coefficient (Wildman–Crippen LogP) is 5.96. The van der Waals surface area contributed by atoms with Crippen LogP contribution in [0.5, 0.6) is 5.75 Å².